The summed E-state index contributed by atoms with van der Waals surface area (Å²) in [4.78, 5) is 15.3. The van der Waals surface area contributed by atoms with E-state index in [2.05, 4.69) is 14.4 Å². The van der Waals surface area contributed by atoms with Crippen molar-refractivity contribution in [1.29, 1.82) is 0 Å². The smallest absolute Gasteiger partial charge is 0.358 e. The largest absolute Gasteiger partial charge is 0.464 e. The van der Waals surface area contributed by atoms with Crippen LogP contribution in [0.2, 0.25) is 0 Å². The van der Waals surface area contributed by atoms with Crippen molar-refractivity contribution in [3.8, 4) is 0 Å². The van der Waals surface area contributed by atoms with Crippen LogP contribution in [0.1, 0.15) is 29.0 Å². The molecule has 0 fully saturated rings. The maximum Gasteiger partial charge on any atom is 0.358 e. The Balaban J connectivity index is 2.27. The molecular formula is C13H14N2O4S2. The maximum absolute atomic E-state index is 12.4. The number of benzene rings is 1. The molecule has 1 unspecified atom stereocenters. The van der Waals surface area contributed by atoms with Crippen LogP contribution in [-0.4, -0.2) is 26.5 Å². The van der Waals surface area contributed by atoms with Crippen LogP contribution < -0.4 is 4.72 Å². The summed E-state index contributed by atoms with van der Waals surface area (Å²) in [6, 6.07) is 8.72. The third-order valence-corrected chi connectivity index (χ3v) is 5.70. The molecule has 0 aliphatic rings. The number of esters is 1. The van der Waals surface area contributed by atoms with Crippen molar-refractivity contribution in [3.63, 3.8) is 0 Å². The normalized spacial score (nSPS) is 12.9. The Labute approximate surface area is 126 Å². The van der Waals surface area contributed by atoms with Crippen molar-refractivity contribution in [1.82, 2.24) is 9.71 Å². The predicted molar refractivity (Wildman–Crippen MR) is 78.6 cm³/mol. The Morgan fingerprint density at radius 1 is 1.33 bits per heavy atom. The number of nitrogens with one attached hydrogen (secondary N) is 1. The molecule has 0 radical (unpaired) electrons. The number of ether oxygens (including phenoxy) is 1. The predicted octanol–water partition coefficient (Wildman–Crippen LogP) is 1.97. The van der Waals surface area contributed by atoms with Gasteiger partial charge in [-0.3, -0.25) is 0 Å². The minimum atomic E-state index is -3.84. The minimum Gasteiger partial charge on any atom is -0.464 e. The first kappa shape index (κ1) is 15.6. The van der Waals surface area contributed by atoms with E-state index in [9.17, 15) is 13.2 Å². The summed E-state index contributed by atoms with van der Waals surface area (Å²) in [7, 11) is -2.67. The zero-order valence-electron chi connectivity index (χ0n) is 11.4. The van der Waals surface area contributed by atoms with Gasteiger partial charge in [-0.25, -0.2) is 22.9 Å². The standard InChI is InChI=1S/C13H14N2O4S2/c1-9(10-6-4-3-5-7-10)15-21(17,18)13-11(12(16)19-2)14-8-20-13/h3-9,15H,1-2H3. The van der Waals surface area contributed by atoms with Gasteiger partial charge in [-0.1, -0.05) is 30.3 Å². The van der Waals surface area contributed by atoms with Crippen molar-refractivity contribution < 1.29 is 17.9 Å². The minimum absolute atomic E-state index is 0.142. The highest BCUT2D eigenvalue weighted by atomic mass is 32.2. The van der Waals surface area contributed by atoms with Gasteiger partial charge in [0.1, 0.15) is 0 Å². The lowest BCUT2D eigenvalue weighted by molar-refractivity contribution is 0.0590. The maximum atomic E-state index is 12.4. The average Bonchev–Trinajstić information content (AvgIpc) is 2.97. The summed E-state index contributed by atoms with van der Waals surface area (Å²) in [6.45, 7) is 1.73. The van der Waals surface area contributed by atoms with Gasteiger partial charge in [0, 0.05) is 6.04 Å². The Hall–Kier alpha value is -1.77. The topological polar surface area (TPSA) is 85.4 Å². The van der Waals surface area contributed by atoms with Gasteiger partial charge in [-0.2, -0.15) is 0 Å². The fourth-order valence-corrected chi connectivity index (χ4v) is 4.14. The van der Waals surface area contributed by atoms with Gasteiger partial charge in [0.25, 0.3) is 10.0 Å². The average molecular weight is 326 g/mol. The second kappa shape index (κ2) is 6.33. The molecule has 112 valence electrons. The van der Waals surface area contributed by atoms with Gasteiger partial charge in [0.05, 0.1) is 12.6 Å². The molecule has 0 aliphatic heterocycles. The van der Waals surface area contributed by atoms with Crippen molar-refractivity contribution >= 4 is 27.3 Å². The van der Waals surface area contributed by atoms with Crippen molar-refractivity contribution in [2.24, 2.45) is 0 Å². The molecule has 0 amide bonds. The highest BCUT2D eigenvalue weighted by Gasteiger charge is 2.28. The Morgan fingerprint density at radius 2 is 2.00 bits per heavy atom. The number of hydrogen-bond acceptors (Lipinski definition) is 6. The molecule has 1 atom stereocenters. The third-order valence-electron chi connectivity index (χ3n) is 2.79. The van der Waals surface area contributed by atoms with Crippen molar-refractivity contribution in [3.05, 3.63) is 47.1 Å². The van der Waals surface area contributed by atoms with Gasteiger partial charge >= 0.3 is 5.97 Å². The molecule has 0 saturated carbocycles. The first-order valence-electron chi connectivity index (χ1n) is 6.05. The van der Waals surface area contributed by atoms with Crippen LogP contribution in [0.4, 0.5) is 0 Å². The number of thiazole rings is 1. The Morgan fingerprint density at radius 3 is 2.62 bits per heavy atom. The van der Waals surface area contributed by atoms with Gasteiger partial charge < -0.3 is 4.74 Å². The van der Waals surface area contributed by atoms with Gasteiger partial charge in [0.15, 0.2) is 9.90 Å². The number of methoxy groups -OCH3 is 1. The fraction of sp³-hybridized carbons (Fsp3) is 0.231. The zero-order chi connectivity index (χ0) is 15.5. The molecule has 6 nitrogen and oxygen atoms in total. The number of rotatable bonds is 5. The quantitative estimate of drug-likeness (QED) is 0.849. The fourth-order valence-electron chi connectivity index (χ4n) is 1.75. The van der Waals surface area contributed by atoms with Gasteiger partial charge in [0.2, 0.25) is 0 Å². The lowest BCUT2D eigenvalue weighted by atomic mass is 10.1. The van der Waals surface area contributed by atoms with E-state index in [4.69, 9.17) is 0 Å². The van der Waals surface area contributed by atoms with E-state index in [1.165, 1.54) is 12.6 Å². The molecule has 0 saturated heterocycles. The van der Waals surface area contributed by atoms with Crippen LogP contribution in [0.5, 0.6) is 0 Å². The molecule has 1 heterocycles. The first-order chi connectivity index (χ1) is 9.95. The Bertz CT molecular complexity index is 726. The summed E-state index contributed by atoms with van der Waals surface area (Å²) < 4.78 is 31.7. The zero-order valence-corrected chi connectivity index (χ0v) is 13.1. The highest BCUT2D eigenvalue weighted by Crippen LogP contribution is 2.23. The summed E-state index contributed by atoms with van der Waals surface area (Å²) in [6.07, 6.45) is 0. The highest BCUT2D eigenvalue weighted by molar-refractivity contribution is 7.91. The number of carbonyl (C=O) groups is 1. The number of aromatic nitrogens is 1. The van der Waals surface area contributed by atoms with E-state index in [0.717, 1.165) is 16.9 Å². The number of sulfonamides is 1. The molecule has 1 aromatic heterocycles. The summed E-state index contributed by atoms with van der Waals surface area (Å²) in [5.41, 5.74) is 1.93. The lowest BCUT2D eigenvalue weighted by Crippen LogP contribution is -2.27. The van der Waals surface area contributed by atoms with Gasteiger partial charge in [-0.05, 0) is 12.5 Å². The molecule has 8 heteroatoms. The molecule has 2 rings (SSSR count). The van der Waals surface area contributed by atoms with Crippen LogP contribution in [0, 0.1) is 0 Å². The first-order valence-corrected chi connectivity index (χ1v) is 8.41. The van der Waals surface area contributed by atoms with Crippen molar-refractivity contribution in [2.75, 3.05) is 7.11 Å². The van der Waals surface area contributed by atoms with Gasteiger partial charge in [-0.15, -0.1) is 11.3 Å². The second-order valence-corrected chi connectivity index (χ2v) is 7.00. The number of hydrogen-bond donors (Lipinski definition) is 1. The van der Waals surface area contributed by atoms with E-state index in [-0.39, 0.29) is 9.90 Å². The van der Waals surface area contributed by atoms with Crippen LogP contribution in [-0.2, 0) is 14.8 Å². The third kappa shape index (κ3) is 3.46. The van der Waals surface area contributed by atoms with E-state index in [1.807, 2.05) is 30.3 Å². The number of nitrogens with zero attached hydrogens (tertiary/aromatic N) is 1. The van der Waals surface area contributed by atoms with Crippen LogP contribution in [0.15, 0.2) is 40.1 Å². The van der Waals surface area contributed by atoms with Crippen LogP contribution in [0.3, 0.4) is 0 Å². The summed E-state index contributed by atoms with van der Waals surface area (Å²) in [5, 5.41) is 0. The van der Waals surface area contributed by atoms with E-state index in [1.54, 1.807) is 6.92 Å². The molecule has 0 spiro atoms. The monoisotopic (exact) mass is 326 g/mol. The van der Waals surface area contributed by atoms with E-state index < -0.39 is 22.0 Å². The van der Waals surface area contributed by atoms with Crippen molar-refractivity contribution in [2.45, 2.75) is 17.2 Å². The molecule has 1 aromatic carbocycles. The Kier molecular flexibility index (Phi) is 4.71. The van der Waals surface area contributed by atoms with E-state index in [0.29, 0.717) is 0 Å². The molecule has 2 aromatic rings. The molecule has 21 heavy (non-hydrogen) atoms. The second-order valence-electron chi connectivity index (χ2n) is 4.23. The molecule has 1 N–H and O–H groups in total. The molecule has 0 bridgehead atoms. The summed E-state index contributed by atoms with van der Waals surface area (Å²) in [5.74, 6) is -0.774. The number of carbonyl (C=O) groups excluding carboxylic acids is 1. The lowest BCUT2D eigenvalue weighted by Gasteiger charge is -2.14. The SMILES string of the molecule is COC(=O)c1ncsc1S(=O)(=O)NC(C)c1ccccc1. The van der Waals surface area contributed by atoms with Crippen LogP contribution in [0.25, 0.3) is 0 Å². The molecular weight excluding hydrogens is 312 g/mol. The van der Waals surface area contributed by atoms with E-state index >= 15 is 0 Å². The van der Waals surface area contributed by atoms with Crippen LogP contribution >= 0.6 is 11.3 Å². The summed E-state index contributed by atoms with van der Waals surface area (Å²) >= 11 is 0.875. The molecule has 0 aliphatic carbocycles.